The molecule has 1 unspecified atom stereocenters. The van der Waals surface area contributed by atoms with Crippen LogP contribution in [0.15, 0.2) is 35.9 Å². The zero-order valence-electron chi connectivity index (χ0n) is 23.2. The number of thiazole rings is 1. The Kier molecular flexibility index (Phi) is 9.81. The molecule has 1 aromatic heterocycles. The van der Waals surface area contributed by atoms with Gasteiger partial charge in [-0.3, -0.25) is 10.1 Å². The number of amides is 1. The molecule has 1 aliphatic rings. The number of rotatable bonds is 11. The molecule has 1 N–H and O–H groups in total. The third kappa shape index (κ3) is 6.64. The molecule has 6 nitrogen and oxygen atoms in total. The van der Waals surface area contributed by atoms with E-state index in [1.165, 1.54) is 29.4 Å². The second-order valence-corrected chi connectivity index (χ2v) is 10.9. The summed E-state index contributed by atoms with van der Waals surface area (Å²) in [4.78, 5) is 30.5. The number of hydrogen-bond donors (Lipinski definition) is 1. The van der Waals surface area contributed by atoms with Crippen molar-refractivity contribution >= 4 is 34.4 Å². The minimum atomic E-state index is -0.955. The molecule has 0 fully saturated rings. The van der Waals surface area contributed by atoms with Crippen molar-refractivity contribution in [3.05, 3.63) is 74.7 Å². The number of carbonyl (C=O) groups is 2. The second-order valence-electron chi connectivity index (χ2n) is 9.77. The smallest absolute Gasteiger partial charge is 0.333 e. The number of esters is 1. The highest BCUT2D eigenvalue weighted by Crippen LogP contribution is 2.40. The number of hydrogen-bond acceptors (Lipinski definition) is 6. The van der Waals surface area contributed by atoms with Crippen LogP contribution in [0.5, 0.6) is 0 Å². The summed E-state index contributed by atoms with van der Waals surface area (Å²) >= 11 is 1.37. The Hall–Kier alpha value is -3.43. The summed E-state index contributed by atoms with van der Waals surface area (Å²) in [6, 6.07) is 8.14. The lowest BCUT2D eigenvalue weighted by Crippen LogP contribution is -2.13. The van der Waals surface area contributed by atoms with Crippen molar-refractivity contribution in [1.82, 2.24) is 4.98 Å². The van der Waals surface area contributed by atoms with Gasteiger partial charge in [-0.1, -0.05) is 31.5 Å². The number of aromatic nitrogens is 1. The van der Waals surface area contributed by atoms with Crippen LogP contribution in [0.2, 0.25) is 0 Å². The Balaban J connectivity index is 1.52. The molecule has 0 aliphatic heterocycles. The van der Waals surface area contributed by atoms with E-state index in [1.54, 1.807) is 14.0 Å². The topological polar surface area (TPSA) is 77.5 Å². The Morgan fingerprint density at radius 3 is 2.58 bits per heavy atom. The van der Waals surface area contributed by atoms with Gasteiger partial charge in [-0.2, -0.15) is 0 Å². The lowest BCUT2D eigenvalue weighted by molar-refractivity contribution is -0.138. The van der Waals surface area contributed by atoms with Gasteiger partial charge in [0.15, 0.2) is 5.13 Å². The fourth-order valence-corrected chi connectivity index (χ4v) is 5.94. The maximum absolute atomic E-state index is 14.7. The predicted molar refractivity (Wildman–Crippen MR) is 154 cm³/mol. The summed E-state index contributed by atoms with van der Waals surface area (Å²) in [5.74, 6) is -3.25. The highest BCUT2D eigenvalue weighted by Gasteiger charge is 2.24. The van der Waals surface area contributed by atoms with Gasteiger partial charge in [-0.05, 0) is 75.3 Å². The van der Waals surface area contributed by atoms with Gasteiger partial charge in [0.2, 0.25) is 0 Å². The van der Waals surface area contributed by atoms with Crippen molar-refractivity contribution in [3.63, 3.8) is 0 Å². The third-order valence-corrected chi connectivity index (χ3v) is 8.06. The van der Waals surface area contributed by atoms with E-state index in [4.69, 9.17) is 14.5 Å². The maximum Gasteiger partial charge on any atom is 0.333 e. The van der Waals surface area contributed by atoms with Crippen LogP contribution < -0.4 is 5.32 Å². The fourth-order valence-electron chi connectivity index (χ4n) is 4.97. The number of methoxy groups -OCH3 is 1. The van der Waals surface area contributed by atoms with E-state index in [1.807, 2.05) is 6.07 Å². The van der Waals surface area contributed by atoms with Crippen molar-refractivity contribution < 1.29 is 27.8 Å². The molecule has 1 aliphatic carbocycles. The summed E-state index contributed by atoms with van der Waals surface area (Å²) in [7, 11) is 1.76. The molecule has 40 heavy (non-hydrogen) atoms. The molecule has 0 saturated carbocycles. The summed E-state index contributed by atoms with van der Waals surface area (Å²) < 4.78 is 40.0. The Morgan fingerprint density at radius 1 is 1.15 bits per heavy atom. The average Bonchev–Trinajstić information content (AvgIpc) is 3.35. The minimum Gasteiger partial charge on any atom is -0.463 e. The van der Waals surface area contributed by atoms with Crippen LogP contribution in [0, 0.1) is 11.6 Å². The summed E-state index contributed by atoms with van der Waals surface area (Å²) in [5, 5.41) is 3.08. The number of ether oxygens (including phenoxy) is 2. The normalized spacial score (nSPS) is 13.4. The molecular formula is C31H34F2N2O4S. The Bertz CT molecular complexity index is 1410. The molecule has 212 valence electrons. The molecule has 0 radical (unpaired) electrons. The van der Waals surface area contributed by atoms with Crippen LogP contribution in [-0.2, 0) is 33.5 Å². The van der Waals surface area contributed by atoms with Gasteiger partial charge in [-0.25, -0.2) is 18.6 Å². The van der Waals surface area contributed by atoms with E-state index in [-0.39, 0.29) is 23.8 Å². The number of nitrogens with one attached hydrogen (secondary N) is 1. The van der Waals surface area contributed by atoms with Gasteiger partial charge in [0.05, 0.1) is 18.4 Å². The Morgan fingerprint density at radius 2 is 1.90 bits per heavy atom. The van der Waals surface area contributed by atoms with Gasteiger partial charge in [0, 0.05) is 34.3 Å². The lowest BCUT2D eigenvalue weighted by atomic mass is 9.87. The van der Waals surface area contributed by atoms with Crippen molar-refractivity contribution in [1.29, 1.82) is 0 Å². The van der Waals surface area contributed by atoms with Crippen molar-refractivity contribution in [3.8, 4) is 11.3 Å². The van der Waals surface area contributed by atoms with Crippen LogP contribution in [0.1, 0.15) is 72.0 Å². The molecule has 1 heterocycles. The molecule has 0 bridgehead atoms. The first kappa shape index (κ1) is 29.6. The van der Waals surface area contributed by atoms with E-state index in [9.17, 15) is 18.4 Å². The van der Waals surface area contributed by atoms with Crippen molar-refractivity contribution in [2.45, 2.75) is 65.4 Å². The molecule has 0 saturated heterocycles. The summed E-state index contributed by atoms with van der Waals surface area (Å²) in [6.45, 7) is 5.35. The summed E-state index contributed by atoms with van der Waals surface area (Å²) in [5.41, 5.74) is 3.92. The molecule has 1 atom stereocenters. The fraction of sp³-hybridized carbons (Fsp3) is 0.387. The third-order valence-electron chi connectivity index (χ3n) is 7.03. The quantitative estimate of drug-likeness (QED) is 0.196. The lowest BCUT2D eigenvalue weighted by Gasteiger charge is -2.20. The zero-order chi connectivity index (χ0) is 28.8. The SMILES string of the molecule is CCCC(CCc1cccc2c1CCc1sc(NC(=O)c3cc(F)c(/C=C(\C)C(=O)OCC)c(F)c3)nc1-2)OC. The van der Waals surface area contributed by atoms with Gasteiger partial charge < -0.3 is 9.47 Å². The average molecular weight is 569 g/mol. The first-order chi connectivity index (χ1) is 19.2. The van der Waals surface area contributed by atoms with Crippen molar-refractivity contribution in [2.75, 3.05) is 19.0 Å². The number of anilines is 1. The molecular weight excluding hydrogens is 534 g/mol. The zero-order valence-corrected chi connectivity index (χ0v) is 24.1. The molecule has 4 rings (SSSR count). The van der Waals surface area contributed by atoms with Crippen LogP contribution >= 0.6 is 11.3 Å². The highest BCUT2D eigenvalue weighted by atomic mass is 32.1. The molecule has 9 heteroatoms. The minimum absolute atomic E-state index is 0.0492. The van der Waals surface area contributed by atoms with Crippen LogP contribution in [0.4, 0.5) is 13.9 Å². The molecule has 2 aromatic carbocycles. The first-order valence-electron chi connectivity index (χ1n) is 13.5. The summed E-state index contributed by atoms with van der Waals surface area (Å²) in [6.07, 6.45) is 6.99. The number of carbonyl (C=O) groups excluding carboxylic acids is 2. The van der Waals surface area contributed by atoms with Gasteiger partial charge in [0.25, 0.3) is 5.91 Å². The molecule has 3 aromatic rings. The van der Waals surface area contributed by atoms with Crippen LogP contribution in [-0.4, -0.2) is 36.7 Å². The van der Waals surface area contributed by atoms with Crippen LogP contribution in [0.25, 0.3) is 17.3 Å². The van der Waals surface area contributed by atoms with Gasteiger partial charge >= 0.3 is 5.97 Å². The standard InChI is InChI=1S/C31H34F2N2O4S/c1-5-8-21(38-4)12-11-19-9-7-10-23-22(19)13-14-27-28(23)34-31(40-27)35-29(36)20-16-25(32)24(26(33)17-20)15-18(3)30(37)39-6-2/h7,9-10,15-17,21H,5-6,8,11-14H2,1-4H3,(H,34,35,36)/b18-15+. The number of fused-ring (bicyclic) bond motifs is 3. The highest BCUT2D eigenvalue weighted by molar-refractivity contribution is 7.16. The van der Waals surface area contributed by atoms with E-state index < -0.39 is 29.1 Å². The monoisotopic (exact) mass is 568 g/mol. The predicted octanol–water partition coefficient (Wildman–Crippen LogP) is 7.15. The number of nitrogens with zero attached hydrogens (tertiary/aromatic N) is 1. The van der Waals surface area contributed by atoms with Gasteiger partial charge in [0.1, 0.15) is 11.6 Å². The van der Waals surface area contributed by atoms with E-state index >= 15 is 0 Å². The van der Waals surface area contributed by atoms with Crippen molar-refractivity contribution in [2.24, 2.45) is 0 Å². The maximum atomic E-state index is 14.7. The largest absolute Gasteiger partial charge is 0.463 e. The second kappa shape index (κ2) is 13.3. The number of halogens is 2. The van der Waals surface area contributed by atoms with Gasteiger partial charge in [-0.15, -0.1) is 11.3 Å². The molecule has 1 amide bonds. The van der Waals surface area contributed by atoms with Crippen LogP contribution in [0.3, 0.4) is 0 Å². The van der Waals surface area contributed by atoms with E-state index in [2.05, 4.69) is 24.4 Å². The van der Waals surface area contributed by atoms with E-state index in [0.717, 1.165) is 72.9 Å². The Labute approximate surface area is 237 Å². The number of benzene rings is 2. The number of aryl methyl sites for hydroxylation is 2. The first-order valence-corrected chi connectivity index (χ1v) is 14.4. The van der Waals surface area contributed by atoms with E-state index in [0.29, 0.717) is 5.13 Å². The molecule has 0 spiro atoms.